The van der Waals surface area contributed by atoms with Gasteiger partial charge in [-0.3, -0.25) is 0 Å². The number of nitrogens with zero attached hydrogens (tertiary/aromatic N) is 3. The molecule has 0 saturated carbocycles. The number of rotatable bonds is 2. The monoisotopic (exact) mass is 268 g/mol. The van der Waals surface area contributed by atoms with Gasteiger partial charge < -0.3 is 10.6 Å². The van der Waals surface area contributed by atoms with E-state index in [1.807, 2.05) is 13.0 Å². The summed E-state index contributed by atoms with van der Waals surface area (Å²) in [6.07, 6.45) is 0. The van der Waals surface area contributed by atoms with E-state index in [0.717, 1.165) is 36.1 Å². The molecule has 20 heavy (non-hydrogen) atoms. The smallest absolute Gasteiger partial charge is 0.133 e. The Bertz CT molecular complexity index is 649. The van der Waals surface area contributed by atoms with E-state index in [1.54, 1.807) is 0 Å². The number of nitrogen functional groups attached to an aromatic ring is 1. The van der Waals surface area contributed by atoms with Crippen molar-refractivity contribution in [1.29, 1.82) is 0 Å². The molecule has 0 spiro atoms. The lowest BCUT2D eigenvalue weighted by molar-refractivity contribution is 0.748. The number of anilines is 2. The standard InChI is InChI=1S/C16H20N4/c1-10(2)16-18-11(3)6-15(19-16)20-8-12-4-5-14(17)7-13(12)9-20/h4-7,10H,8-9,17H2,1-3H3. The summed E-state index contributed by atoms with van der Waals surface area (Å²) in [4.78, 5) is 11.5. The molecule has 0 saturated heterocycles. The molecular weight excluding hydrogens is 248 g/mol. The first-order chi connectivity index (χ1) is 9.52. The Morgan fingerprint density at radius 2 is 1.85 bits per heavy atom. The second kappa shape index (κ2) is 4.78. The van der Waals surface area contributed by atoms with Gasteiger partial charge in [-0.15, -0.1) is 0 Å². The minimum atomic E-state index is 0.342. The first kappa shape index (κ1) is 12.9. The lowest BCUT2D eigenvalue weighted by Gasteiger charge is -2.18. The van der Waals surface area contributed by atoms with E-state index in [1.165, 1.54) is 11.1 Å². The molecule has 3 rings (SSSR count). The van der Waals surface area contributed by atoms with Crippen LogP contribution in [0.5, 0.6) is 0 Å². The molecule has 2 N–H and O–H groups in total. The zero-order valence-electron chi connectivity index (χ0n) is 12.2. The highest BCUT2D eigenvalue weighted by atomic mass is 15.2. The summed E-state index contributed by atoms with van der Waals surface area (Å²) in [6.45, 7) is 8.03. The number of aryl methyl sites for hydroxylation is 1. The van der Waals surface area contributed by atoms with E-state index in [4.69, 9.17) is 10.7 Å². The Morgan fingerprint density at radius 1 is 1.10 bits per heavy atom. The van der Waals surface area contributed by atoms with Crippen molar-refractivity contribution in [3.63, 3.8) is 0 Å². The van der Waals surface area contributed by atoms with Crippen molar-refractivity contribution in [2.45, 2.75) is 39.8 Å². The van der Waals surface area contributed by atoms with Crippen molar-refractivity contribution in [1.82, 2.24) is 9.97 Å². The molecule has 0 unspecified atom stereocenters. The van der Waals surface area contributed by atoms with Crippen LogP contribution in [0.1, 0.15) is 42.4 Å². The molecule has 0 fully saturated rings. The van der Waals surface area contributed by atoms with Crippen LogP contribution in [-0.4, -0.2) is 9.97 Å². The van der Waals surface area contributed by atoms with E-state index in [0.29, 0.717) is 5.92 Å². The van der Waals surface area contributed by atoms with Crippen LogP contribution < -0.4 is 10.6 Å². The zero-order valence-corrected chi connectivity index (χ0v) is 12.2. The normalized spacial score (nSPS) is 13.9. The SMILES string of the molecule is Cc1cc(N2Cc3ccc(N)cc3C2)nc(C(C)C)n1. The Hall–Kier alpha value is -2.10. The van der Waals surface area contributed by atoms with Crippen molar-refractivity contribution < 1.29 is 0 Å². The van der Waals surface area contributed by atoms with E-state index in [9.17, 15) is 0 Å². The third-order valence-corrected chi connectivity index (χ3v) is 3.65. The highest BCUT2D eigenvalue weighted by molar-refractivity contribution is 5.52. The molecule has 0 radical (unpaired) electrons. The molecule has 0 bridgehead atoms. The Kier molecular flexibility index (Phi) is 3.08. The zero-order chi connectivity index (χ0) is 14.3. The largest absolute Gasteiger partial charge is 0.399 e. The fraction of sp³-hybridized carbons (Fsp3) is 0.375. The van der Waals surface area contributed by atoms with Gasteiger partial charge in [-0.1, -0.05) is 19.9 Å². The lowest BCUT2D eigenvalue weighted by atomic mass is 10.1. The van der Waals surface area contributed by atoms with Crippen LogP contribution in [0.25, 0.3) is 0 Å². The number of fused-ring (bicyclic) bond motifs is 1. The van der Waals surface area contributed by atoms with Gasteiger partial charge in [0.25, 0.3) is 0 Å². The van der Waals surface area contributed by atoms with Gasteiger partial charge in [0, 0.05) is 36.5 Å². The maximum Gasteiger partial charge on any atom is 0.133 e. The van der Waals surface area contributed by atoms with E-state index in [2.05, 4.69) is 41.9 Å². The molecule has 0 amide bonds. The van der Waals surface area contributed by atoms with Crippen molar-refractivity contribution in [3.05, 3.63) is 46.9 Å². The average molecular weight is 268 g/mol. The van der Waals surface area contributed by atoms with Gasteiger partial charge in [0.1, 0.15) is 11.6 Å². The number of hydrogen-bond donors (Lipinski definition) is 1. The van der Waals surface area contributed by atoms with Gasteiger partial charge in [-0.05, 0) is 30.2 Å². The second-order valence-electron chi connectivity index (χ2n) is 5.76. The van der Waals surface area contributed by atoms with Crippen LogP contribution >= 0.6 is 0 Å². The van der Waals surface area contributed by atoms with E-state index >= 15 is 0 Å². The third kappa shape index (κ3) is 2.33. The molecule has 1 aliphatic heterocycles. The minimum absolute atomic E-state index is 0.342. The van der Waals surface area contributed by atoms with Crippen molar-refractivity contribution in [3.8, 4) is 0 Å². The van der Waals surface area contributed by atoms with Gasteiger partial charge in [0.15, 0.2) is 0 Å². The summed E-state index contributed by atoms with van der Waals surface area (Å²) < 4.78 is 0. The molecule has 1 aliphatic rings. The molecule has 4 heteroatoms. The fourth-order valence-corrected chi connectivity index (χ4v) is 2.57. The molecule has 0 atom stereocenters. The summed E-state index contributed by atoms with van der Waals surface area (Å²) in [5.41, 5.74) is 10.3. The Morgan fingerprint density at radius 3 is 2.60 bits per heavy atom. The summed E-state index contributed by atoms with van der Waals surface area (Å²) in [5, 5.41) is 0. The molecule has 2 heterocycles. The van der Waals surface area contributed by atoms with Gasteiger partial charge >= 0.3 is 0 Å². The molecule has 4 nitrogen and oxygen atoms in total. The summed E-state index contributed by atoms with van der Waals surface area (Å²) in [7, 11) is 0. The second-order valence-corrected chi connectivity index (χ2v) is 5.76. The van der Waals surface area contributed by atoms with Crippen LogP contribution in [0, 0.1) is 6.92 Å². The van der Waals surface area contributed by atoms with Gasteiger partial charge in [0.2, 0.25) is 0 Å². The van der Waals surface area contributed by atoms with Gasteiger partial charge in [-0.25, -0.2) is 9.97 Å². The number of benzene rings is 1. The highest BCUT2D eigenvalue weighted by Gasteiger charge is 2.21. The number of nitrogens with two attached hydrogens (primary N) is 1. The highest BCUT2D eigenvalue weighted by Crippen LogP contribution is 2.29. The van der Waals surface area contributed by atoms with Crippen molar-refractivity contribution >= 4 is 11.5 Å². The molecule has 0 aliphatic carbocycles. The predicted molar refractivity (Wildman–Crippen MR) is 81.6 cm³/mol. The molecule has 104 valence electrons. The van der Waals surface area contributed by atoms with Crippen LogP contribution in [0.2, 0.25) is 0 Å². The van der Waals surface area contributed by atoms with Crippen LogP contribution in [0.15, 0.2) is 24.3 Å². The van der Waals surface area contributed by atoms with Crippen molar-refractivity contribution in [2.75, 3.05) is 10.6 Å². The maximum absolute atomic E-state index is 5.86. The number of hydrogen-bond acceptors (Lipinski definition) is 4. The van der Waals surface area contributed by atoms with Crippen LogP contribution in [0.4, 0.5) is 11.5 Å². The van der Waals surface area contributed by atoms with Crippen molar-refractivity contribution in [2.24, 2.45) is 0 Å². The third-order valence-electron chi connectivity index (χ3n) is 3.65. The first-order valence-corrected chi connectivity index (χ1v) is 7.01. The summed E-state index contributed by atoms with van der Waals surface area (Å²) >= 11 is 0. The Balaban J connectivity index is 1.92. The fourth-order valence-electron chi connectivity index (χ4n) is 2.57. The number of aromatic nitrogens is 2. The first-order valence-electron chi connectivity index (χ1n) is 7.01. The molecular formula is C16H20N4. The minimum Gasteiger partial charge on any atom is -0.399 e. The molecule has 1 aromatic carbocycles. The average Bonchev–Trinajstić information content (AvgIpc) is 2.80. The predicted octanol–water partition coefficient (Wildman–Crippen LogP) is 3.01. The Labute approximate surface area is 119 Å². The van der Waals surface area contributed by atoms with Gasteiger partial charge in [0.05, 0.1) is 0 Å². The quantitative estimate of drug-likeness (QED) is 0.851. The van der Waals surface area contributed by atoms with Crippen LogP contribution in [0.3, 0.4) is 0 Å². The topological polar surface area (TPSA) is 55.0 Å². The van der Waals surface area contributed by atoms with Gasteiger partial charge in [-0.2, -0.15) is 0 Å². The van der Waals surface area contributed by atoms with Crippen LogP contribution in [-0.2, 0) is 13.1 Å². The lowest BCUT2D eigenvalue weighted by Crippen LogP contribution is -2.17. The summed E-state index contributed by atoms with van der Waals surface area (Å²) in [5.74, 6) is 2.26. The maximum atomic E-state index is 5.86. The van der Waals surface area contributed by atoms with E-state index < -0.39 is 0 Å². The molecule has 1 aromatic heterocycles. The van der Waals surface area contributed by atoms with E-state index in [-0.39, 0.29) is 0 Å². The summed E-state index contributed by atoms with van der Waals surface area (Å²) in [6, 6.07) is 8.20. The molecule has 2 aromatic rings.